The van der Waals surface area contributed by atoms with Gasteiger partial charge in [-0.3, -0.25) is 0 Å². The van der Waals surface area contributed by atoms with Crippen LogP contribution in [0.4, 0.5) is 0 Å². The number of nitrogens with zero attached hydrogens (tertiary/aromatic N) is 1. The molecule has 1 saturated carbocycles. The highest BCUT2D eigenvalue weighted by Crippen LogP contribution is 2.41. The summed E-state index contributed by atoms with van der Waals surface area (Å²) in [6.07, 6.45) is 5.70. The fraction of sp³-hybridized carbons (Fsp3) is 0.625. The van der Waals surface area contributed by atoms with Gasteiger partial charge < -0.3 is 18.6 Å². The molecule has 2 aliphatic rings. The number of aryl methyl sites for hydroxylation is 1. The lowest BCUT2D eigenvalue weighted by molar-refractivity contribution is 0.00578. The number of rotatable bonds is 5. The number of carbonyl (C=O) groups is 1. The lowest BCUT2D eigenvalue weighted by Gasteiger charge is -2.32. The molecule has 0 amide bonds. The lowest BCUT2D eigenvalue weighted by atomic mass is 9.77. The molecular formula is C24H34BNO4. The molecule has 0 spiro atoms. The number of esters is 1. The van der Waals surface area contributed by atoms with Crippen molar-refractivity contribution < 1.29 is 18.8 Å². The van der Waals surface area contributed by atoms with Gasteiger partial charge in [0.1, 0.15) is 0 Å². The van der Waals surface area contributed by atoms with Gasteiger partial charge in [-0.25, -0.2) is 4.79 Å². The van der Waals surface area contributed by atoms with Gasteiger partial charge in [-0.2, -0.15) is 0 Å². The van der Waals surface area contributed by atoms with E-state index in [2.05, 4.69) is 45.4 Å². The third-order valence-corrected chi connectivity index (χ3v) is 7.20. The van der Waals surface area contributed by atoms with Crippen molar-refractivity contribution in [2.75, 3.05) is 6.61 Å². The predicted molar refractivity (Wildman–Crippen MR) is 120 cm³/mol. The van der Waals surface area contributed by atoms with Crippen molar-refractivity contribution in [2.24, 2.45) is 7.05 Å². The van der Waals surface area contributed by atoms with Crippen molar-refractivity contribution in [3.05, 3.63) is 29.3 Å². The van der Waals surface area contributed by atoms with E-state index in [1.165, 1.54) is 36.6 Å². The topological polar surface area (TPSA) is 49.7 Å². The molecule has 2 heterocycles. The summed E-state index contributed by atoms with van der Waals surface area (Å²) in [6.45, 7) is 10.8. The Morgan fingerprint density at radius 1 is 1.17 bits per heavy atom. The summed E-state index contributed by atoms with van der Waals surface area (Å²) in [5, 5.41) is 1.20. The third kappa shape index (κ3) is 3.48. The van der Waals surface area contributed by atoms with E-state index in [-0.39, 0.29) is 5.97 Å². The molecule has 1 aliphatic carbocycles. The van der Waals surface area contributed by atoms with Crippen LogP contribution in [0.2, 0.25) is 0 Å². The van der Waals surface area contributed by atoms with Crippen LogP contribution < -0.4 is 5.59 Å². The van der Waals surface area contributed by atoms with Crippen LogP contribution in [0.3, 0.4) is 0 Å². The van der Waals surface area contributed by atoms with Crippen molar-refractivity contribution in [1.82, 2.24) is 4.57 Å². The number of aromatic nitrogens is 1. The van der Waals surface area contributed by atoms with Crippen LogP contribution in [0.1, 0.15) is 88.6 Å². The monoisotopic (exact) mass is 411 g/mol. The summed E-state index contributed by atoms with van der Waals surface area (Å²) in [7, 11) is 1.64. The summed E-state index contributed by atoms with van der Waals surface area (Å²) < 4.78 is 20.4. The zero-order valence-corrected chi connectivity index (χ0v) is 19.2. The van der Waals surface area contributed by atoms with Gasteiger partial charge >= 0.3 is 13.1 Å². The molecule has 0 unspecified atom stereocenters. The number of hydrogen-bond acceptors (Lipinski definition) is 4. The first-order valence-corrected chi connectivity index (χ1v) is 11.3. The standard InChI is InChI=1S/C24H34BNO4/c1-7-14-28-22(27)17-12-13-18-19(15-17)26(6)21(20(18)16-10-8-9-11-16)25-29-23(2,3)24(4,5)30-25/h12-13,15-16H,7-11,14H2,1-6H3. The van der Waals surface area contributed by atoms with E-state index in [9.17, 15) is 4.79 Å². The Balaban J connectivity index is 1.83. The maximum Gasteiger partial charge on any atom is 0.512 e. The smallest absolute Gasteiger partial charge is 0.462 e. The highest BCUT2D eigenvalue weighted by Gasteiger charge is 2.53. The molecule has 5 nitrogen and oxygen atoms in total. The Labute approximate surface area is 180 Å². The Bertz CT molecular complexity index is 940. The average molecular weight is 411 g/mol. The molecule has 162 valence electrons. The average Bonchev–Trinajstić information content (AvgIpc) is 3.36. The molecule has 2 aromatic rings. The number of carbonyl (C=O) groups excluding carboxylic acids is 1. The van der Waals surface area contributed by atoms with E-state index in [1.807, 2.05) is 19.1 Å². The Morgan fingerprint density at radius 2 is 1.80 bits per heavy atom. The van der Waals surface area contributed by atoms with Crippen LogP contribution in [0.25, 0.3) is 10.9 Å². The van der Waals surface area contributed by atoms with Crippen molar-refractivity contribution >= 4 is 29.6 Å². The number of ether oxygens (including phenoxy) is 1. The first-order valence-electron chi connectivity index (χ1n) is 11.3. The second kappa shape index (κ2) is 7.72. The highest BCUT2D eigenvalue weighted by molar-refractivity contribution is 6.62. The van der Waals surface area contributed by atoms with Crippen LogP contribution in [-0.4, -0.2) is 35.5 Å². The summed E-state index contributed by atoms with van der Waals surface area (Å²) in [5.74, 6) is 0.236. The molecule has 4 rings (SSSR count). The van der Waals surface area contributed by atoms with Crippen LogP contribution >= 0.6 is 0 Å². The minimum Gasteiger partial charge on any atom is -0.462 e. The molecule has 1 aromatic heterocycles. The van der Waals surface area contributed by atoms with Gasteiger partial charge in [-0.1, -0.05) is 25.8 Å². The SMILES string of the molecule is CCCOC(=O)c1ccc2c(C3CCCC3)c(B3OC(C)(C)C(C)(C)O3)n(C)c2c1. The number of hydrogen-bond donors (Lipinski definition) is 0. The van der Waals surface area contributed by atoms with Gasteiger partial charge in [0.25, 0.3) is 0 Å². The minimum absolute atomic E-state index is 0.264. The maximum atomic E-state index is 12.5. The van der Waals surface area contributed by atoms with Crippen LogP contribution in [0.5, 0.6) is 0 Å². The summed E-state index contributed by atoms with van der Waals surface area (Å²) in [5.41, 5.74) is 3.26. The fourth-order valence-corrected chi connectivity index (χ4v) is 4.77. The molecule has 6 heteroatoms. The van der Waals surface area contributed by atoms with E-state index in [1.54, 1.807) is 0 Å². The third-order valence-electron chi connectivity index (χ3n) is 7.20. The number of fused-ring (bicyclic) bond motifs is 1. The molecule has 0 atom stereocenters. The first kappa shape index (κ1) is 21.4. The van der Waals surface area contributed by atoms with E-state index >= 15 is 0 Å². The summed E-state index contributed by atoms with van der Waals surface area (Å²) >= 11 is 0. The fourth-order valence-electron chi connectivity index (χ4n) is 4.77. The quantitative estimate of drug-likeness (QED) is 0.529. The van der Waals surface area contributed by atoms with Crippen molar-refractivity contribution in [3.63, 3.8) is 0 Å². The van der Waals surface area contributed by atoms with Gasteiger partial charge in [0.15, 0.2) is 0 Å². The summed E-state index contributed by atoms with van der Waals surface area (Å²) in [4.78, 5) is 12.5. The molecule has 0 bridgehead atoms. The Kier molecular flexibility index (Phi) is 5.52. The van der Waals surface area contributed by atoms with E-state index < -0.39 is 18.3 Å². The molecule has 0 N–H and O–H groups in total. The first-order chi connectivity index (χ1) is 14.2. The molecule has 0 radical (unpaired) electrons. The van der Waals surface area contributed by atoms with Gasteiger partial charge in [-0.15, -0.1) is 0 Å². The van der Waals surface area contributed by atoms with Gasteiger partial charge in [0.05, 0.1) is 29.0 Å². The Hall–Kier alpha value is -1.79. The normalized spacial score (nSPS) is 20.9. The second-order valence-corrected chi connectivity index (χ2v) is 9.80. The largest absolute Gasteiger partial charge is 0.512 e. The molecule has 2 fully saturated rings. The highest BCUT2D eigenvalue weighted by atomic mass is 16.7. The summed E-state index contributed by atoms with van der Waals surface area (Å²) in [6, 6.07) is 5.94. The Morgan fingerprint density at radius 3 is 2.40 bits per heavy atom. The van der Waals surface area contributed by atoms with E-state index in [4.69, 9.17) is 14.0 Å². The lowest BCUT2D eigenvalue weighted by Crippen LogP contribution is -2.41. The van der Waals surface area contributed by atoms with Crippen molar-refractivity contribution in [2.45, 2.75) is 83.8 Å². The molecular weight excluding hydrogens is 377 g/mol. The van der Waals surface area contributed by atoms with Crippen LogP contribution in [0.15, 0.2) is 18.2 Å². The van der Waals surface area contributed by atoms with E-state index in [0.717, 1.165) is 17.5 Å². The van der Waals surface area contributed by atoms with Crippen molar-refractivity contribution in [1.29, 1.82) is 0 Å². The number of benzene rings is 1. The molecule has 30 heavy (non-hydrogen) atoms. The molecule has 1 aliphatic heterocycles. The zero-order valence-electron chi connectivity index (χ0n) is 19.2. The van der Waals surface area contributed by atoms with E-state index in [0.29, 0.717) is 18.1 Å². The van der Waals surface area contributed by atoms with Crippen LogP contribution in [-0.2, 0) is 21.1 Å². The molecule has 1 aromatic carbocycles. The van der Waals surface area contributed by atoms with Gasteiger partial charge in [0.2, 0.25) is 0 Å². The predicted octanol–water partition coefficient (Wildman–Crippen LogP) is 4.70. The minimum atomic E-state index is -0.418. The van der Waals surface area contributed by atoms with Crippen molar-refractivity contribution in [3.8, 4) is 0 Å². The zero-order chi connectivity index (χ0) is 21.7. The van der Waals surface area contributed by atoms with Gasteiger partial charge in [0, 0.05) is 18.0 Å². The molecule has 1 saturated heterocycles. The second-order valence-electron chi connectivity index (χ2n) is 9.80. The van der Waals surface area contributed by atoms with Gasteiger partial charge in [-0.05, 0) is 70.6 Å². The van der Waals surface area contributed by atoms with Crippen LogP contribution in [0, 0.1) is 0 Å². The maximum absolute atomic E-state index is 12.5.